The molecule has 0 bridgehead atoms. The summed E-state index contributed by atoms with van der Waals surface area (Å²) in [5, 5.41) is 0. The Hall–Kier alpha value is -2.53. The molecule has 0 amide bonds. The van der Waals surface area contributed by atoms with Crippen LogP contribution in [0.25, 0.3) is 11.4 Å². The van der Waals surface area contributed by atoms with Gasteiger partial charge in [0.2, 0.25) is 0 Å². The van der Waals surface area contributed by atoms with Crippen LogP contribution in [-0.4, -0.2) is 26.4 Å². The highest BCUT2D eigenvalue weighted by atomic mass is 16.3. The third kappa shape index (κ3) is 3.03. The summed E-state index contributed by atoms with van der Waals surface area (Å²) in [5.74, 6) is 4.44. The van der Waals surface area contributed by atoms with E-state index in [0.29, 0.717) is 5.92 Å². The average Bonchev–Trinajstić information content (AvgIpc) is 3.23. The van der Waals surface area contributed by atoms with Crippen molar-refractivity contribution in [3.63, 3.8) is 0 Å². The van der Waals surface area contributed by atoms with Crippen molar-refractivity contribution in [2.45, 2.75) is 38.8 Å². The second kappa shape index (κ2) is 6.32. The van der Waals surface area contributed by atoms with Crippen molar-refractivity contribution in [1.29, 1.82) is 0 Å². The Morgan fingerprint density at radius 1 is 1.19 bits per heavy atom. The van der Waals surface area contributed by atoms with Crippen LogP contribution < -0.4 is 0 Å². The normalized spacial score (nSPS) is 22.2. The number of furan rings is 1. The summed E-state index contributed by atoms with van der Waals surface area (Å²) in [4.78, 5) is 15.8. The maximum atomic E-state index is 6.07. The zero-order valence-electron chi connectivity index (χ0n) is 14.9. The molecule has 1 aliphatic carbocycles. The zero-order chi connectivity index (χ0) is 17.5. The molecule has 5 heteroatoms. The third-order valence-electron chi connectivity index (χ3n) is 5.49. The molecule has 0 aromatic carbocycles. The molecule has 0 saturated heterocycles. The van der Waals surface area contributed by atoms with E-state index in [1.165, 1.54) is 12.0 Å². The Balaban J connectivity index is 1.29. The van der Waals surface area contributed by atoms with Crippen molar-refractivity contribution in [3.8, 4) is 11.4 Å². The highest BCUT2D eigenvalue weighted by molar-refractivity contribution is 5.54. The van der Waals surface area contributed by atoms with Crippen LogP contribution in [0, 0.1) is 5.92 Å². The molecule has 0 radical (unpaired) electrons. The average molecular weight is 346 g/mol. The molecular formula is C21H22N4O. The van der Waals surface area contributed by atoms with Crippen LogP contribution in [0.5, 0.6) is 0 Å². The van der Waals surface area contributed by atoms with Gasteiger partial charge in [-0.15, -0.1) is 0 Å². The Bertz CT molecular complexity index is 921. The first-order chi connectivity index (χ1) is 12.8. The van der Waals surface area contributed by atoms with Gasteiger partial charge in [0.05, 0.1) is 12.2 Å². The van der Waals surface area contributed by atoms with E-state index in [9.17, 15) is 0 Å². The number of hydrogen-bond donors (Lipinski definition) is 0. The summed E-state index contributed by atoms with van der Waals surface area (Å²) >= 11 is 0. The fourth-order valence-corrected chi connectivity index (χ4v) is 3.77. The fourth-order valence-electron chi connectivity index (χ4n) is 3.77. The summed E-state index contributed by atoms with van der Waals surface area (Å²) < 4.78 is 6.07. The third-order valence-corrected chi connectivity index (χ3v) is 5.49. The lowest BCUT2D eigenvalue weighted by Crippen LogP contribution is -2.30. The second-order valence-electron chi connectivity index (χ2n) is 7.49. The van der Waals surface area contributed by atoms with Crippen molar-refractivity contribution in [1.82, 2.24) is 19.9 Å². The van der Waals surface area contributed by atoms with E-state index in [-0.39, 0.29) is 0 Å². The SMILES string of the molecule is CC1CC1c1ccc(CN2CCc3nc(-c4ccncc4)ncc3C2)o1. The summed E-state index contributed by atoms with van der Waals surface area (Å²) in [6, 6.07) is 8.20. The molecular weight excluding hydrogens is 324 g/mol. The van der Waals surface area contributed by atoms with Crippen molar-refractivity contribution in [2.24, 2.45) is 5.92 Å². The van der Waals surface area contributed by atoms with Gasteiger partial charge in [-0.2, -0.15) is 0 Å². The smallest absolute Gasteiger partial charge is 0.159 e. The lowest BCUT2D eigenvalue weighted by molar-refractivity contribution is 0.221. The van der Waals surface area contributed by atoms with E-state index >= 15 is 0 Å². The standard InChI is InChI=1S/C21H22N4O/c1-14-10-18(14)20-3-2-17(26-20)13-25-9-6-19-16(12-25)11-23-21(24-19)15-4-7-22-8-5-15/h2-5,7-8,11,14,18H,6,9-10,12-13H2,1H3. The maximum absolute atomic E-state index is 6.07. The van der Waals surface area contributed by atoms with Gasteiger partial charge in [0, 0.05) is 55.1 Å². The number of pyridine rings is 1. The highest BCUT2D eigenvalue weighted by Gasteiger charge is 2.36. The molecule has 4 heterocycles. The van der Waals surface area contributed by atoms with Crippen LogP contribution in [0.3, 0.4) is 0 Å². The largest absolute Gasteiger partial charge is 0.464 e. The van der Waals surface area contributed by atoms with Crippen LogP contribution >= 0.6 is 0 Å². The summed E-state index contributed by atoms with van der Waals surface area (Å²) in [7, 11) is 0. The molecule has 0 spiro atoms. The molecule has 1 aliphatic heterocycles. The summed E-state index contributed by atoms with van der Waals surface area (Å²) in [5.41, 5.74) is 3.40. The first-order valence-corrected chi connectivity index (χ1v) is 9.32. The van der Waals surface area contributed by atoms with Crippen LogP contribution in [0.1, 0.15) is 42.0 Å². The molecule has 0 N–H and O–H groups in total. The molecule has 132 valence electrons. The molecule has 1 fully saturated rings. The van der Waals surface area contributed by atoms with Gasteiger partial charge in [-0.1, -0.05) is 6.92 Å². The van der Waals surface area contributed by atoms with Crippen molar-refractivity contribution >= 4 is 0 Å². The first-order valence-electron chi connectivity index (χ1n) is 9.32. The first kappa shape index (κ1) is 15.7. The molecule has 3 aromatic rings. The van der Waals surface area contributed by atoms with Gasteiger partial charge in [-0.25, -0.2) is 9.97 Å². The number of aromatic nitrogens is 3. The van der Waals surface area contributed by atoms with Gasteiger partial charge >= 0.3 is 0 Å². The van der Waals surface area contributed by atoms with E-state index in [1.54, 1.807) is 12.4 Å². The minimum Gasteiger partial charge on any atom is -0.464 e. The number of fused-ring (bicyclic) bond motifs is 1. The molecule has 2 aliphatic rings. The van der Waals surface area contributed by atoms with Gasteiger partial charge in [-0.3, -0.25) is 9.88 Å². The quantitative estimate of drug-likeness (QED) is 0.719. The number of hydrogen-bond acceptors (Lipinski definition) is 5. The van der Waals surface area contributed by atoms with Gasteiger partial charge in [-0.05, 0) is 36.6 Å². The Morgan fingerprint density at radius 2 is 2.04 bits per heavy atom. The molecule has 1 saturated carbocycles. The van der Waals surface area contributed by atoms with Crippen LogP contribution in [0.2, 0.25) is 0 Å². The second-order valence-corrected chi connectivity index (χ2v) is 7.49. The minimum absolute atomic E-state index is 0.644. The van der Waals surface area contributed by atoms with Crippen LogP contribution in [0.15, 0.2) is 47.3 Å². The van der Waals surface area contributed by atoms with Gasteiger partial charge in [0.1, 0.15) is 11.5 Å². The van der Waals surface area contributed by atoms with Crippen molar-refractivity contribution in [2.75, 3.05) is 6.54 Å². The van der Waals surface area contributed by atoms with E-state index in [4.69, 9.17) is 9.40 Å². The van der Waals surface area contributed by atoms with Crippen LogP contribution in [0.4, 0.5) is 0 Å². The topological polar surface area (TPSA) is 55.1 Å². The molecule has 26 heavy (non-hydrogen) atoms. The van der Waals surface area contributed by atoms with E-state index in [2.05, 4.69) is 33.9 Å². The Morgan fingerprint density at radius 3 is 2.85 bits per heavy atom. The van der Waals surface area contributed by atoms with Gasteiger partial charge in [0.25, 0.3) is 0 Å². The van der Waals surface area contributed by atoms with Gasteiger partial charge < -0.3 is 4.42 Å². The van der Waals surface area contributed by atoms with E-state index in [0.717, 1.165) is 60.6 Å². The zero-order valence-corrected chi connectivity index (χ0v) is 14.9. The number of rotatable bonds is 4. The van der Waals surface area contributed by atoms with E-state index in [1.807, 2.05) is 18.3 Å². The molecule has 2 unspecified atom stereocenters. The Labute approximate surface area is 153 Å². The van der Waals surface area contributed by atoms with Crippen LogP contribution in [-0.2, 0) is 19.5 Å². The lowest BCUT2D eigenvalue weighted by Gasteiger charge is -2.27. The highest BCUT2D eigenvalue weighted by Crippen LogP contribution is 2.47. The summed E-state index contributed by atoms with van der Waals surface area (Å²) in [6.45, 7) is 5.01. The monoisotopic (exact) mass is 346 g/mol. The fraction of sp³-hybridized carbons (Fsp3) is 0.381. The van der Waals surface area contributed by atoms with Crippen molar-refractivity contribution < 1.29 is 4.42 Å². The lowest BCUT2D eigenvalue weighted by atomic mass is 10.1. The Kier molecular flexibility index (Phi) is 3.82. The predicted molar refractivity (Wildman–Crippen MR) is 98.3 cm³/mol. The van der Waals surface area contributed by atoms with E-state index < -0.39 is 0 Å². The molecule has 5 nitrogen and oxygen atoms in total. The number of nitrogens with zero attached hydrogens (tertiary/aromatic N) is 4. The molecule has 2 atom stereocenters. The maximum Gasteiger partial charge on any atom is 0.159 e. The summed E-state index contributed by atoms with van der Waals surface area (Å²) in [6.07, 6.45) is 7.74. The van der Waals surface area contributed by atoms with Crippen molar-refractivity contribution in [3.05, 3.63) is 65.6 Å². The molecule has 5 rings (SSSR count). The molecule has 3 aromatic heterocycles. The predicted octanol–water partition coefficient (Wildman–Crippen LogP) is 3.81. The minimum atomic E-state index is 0.644. The van der Waals surface area contributed by atoms with Gasteiger partial charge in [0.15, 0.2) is 5.82 Å².